The molecule has 0 aromatic heterocycles. The first-order valence-corrected chi connectivity index (χ1v) is 8.07. The summed E-state index contributed by atoms with van der Waals surface area (Å²) in [7, 11) is 0. The molecule has 4 nitrogen and oxygen atoms in total. The summed E-state index contributed by atoms with van der Waals surface area (Å²) in [6, 6.07) is 15.5. The maximum absolute atomic E-state index is 12.4. The van der Waals surface area contributed by atoms with Gasteiger partial charge in [0.2, 0.25) is 5.91 Å². The van der Waals surface area contributed by atoms with Crippen molar-refractivity contribution in [3.8, 4) is 0 Å². The first-order chi connectivity index (χ1) is 11.1. The molecule has 1 aliphatic heterocycles. The molecule has 2 N–H and O–H groups in total. The van der Waals surface area contributed by atoms with Crippen molar-refractivity contribution in [3.05, 3.63) is 64.7 Å². The quantitative estimate of drug-likeness (QED) is 0.846. The van der Waals surface area contributed by atoms with Gasteiger partial charge in [0.05, 0.1) is 6.54 Å². The Balaban J connectivity index is 0.00000208. The fraction of sp³-hybridized carbons (Fsp3) is 0.278. The summed E-state index contributed by atoms with van der Waals surface area (Å²) < 4.78 is 0. The zero-order valence-corrected chi connectivity index (χ0v) is 14.9. The summed E-state index contributed by atoms with van der Waals surface area (Å²) >= 11 is 5.89. The van der Waals surface area contributed by atoms with Crippen LogP contribution in [0.5, 0.6) is 0 Å². The van der Waals surface area contributed by atoms with Crippen LogP contribution in [0.3, 0.4) is 0 Å². The van der Waals surface area contributed by atoms with Gasteiger partial charge in [-0.25, -0.2) is 0 Å². The summed E-state index contributed by atoms with van der Waals surface area (Å²) in [6.45, 7) is 3.45. The SMILES string of the molecule is Cl.Nc1cccc(CN2CCN(Cc3ccc(Cl)cc3)C(=O)C2)c1. The van der Waals surface area contributed by atoms with Crippen LogP contribution < -0.4 is 5.73 Å². The van der Waals surface area contributed by atoms with Gasteiger partial charge in [0.25, 0.3) is 0 Å². The van der Waals surface area contributed by atoms with Crippen LogP contribution in [0.4, 0.5) is 5.69 Å². The molecule has 0 atom stereocenters. The zero-order valence-electron chi connectivity index (χ0n) is 13.3. The van der Waals surface area contributed by atoms with Crippen LogP contribution in [-0.4, -0.2) is 35.3 Å². The molecule has 2 aromatic rings. The standard InChI is InChI=1S/C18H20ClN3O.ClH/c19-16-6-4-14(5-7-16)12-22-9-8-21(13-18(22)23)11-15-2-1-3-17(20)10-15;/h1-7,10H,8-9,11-13,20H2;1H. The van der Waals surface area contributed by atoms with Crippen molar-refractivity contribution in [2.75, 3.05) is 25.4 Å². The van der Waals surface area contributed by atoms with E-state index < -0.39 is 0 Å². The van der Waals surface area contributed by atoms with E-state index >= 15 is 0 Å². The van der Waals surface area contributed by atoms with Gasteiger partial charge in [-0.05, 0) is 35.4 Å². The molecule has 1 saturated heterocycles. The molecular formula is C18H21Cl2N3O. The predicted octanol–water partition coefficient (Wildman–Crippen LogP) is 3.19. The molecule has 1 fully saturated rings. The second kappa shape index (κ2) is 8.38. The van der Waals surface area contributed by atoms with Crippen molar-refractivity contribution < 1.29 is 4.79 Å². The molecule has 0 unspecified atom stereocenters. The molecule has 0 saturated carbocycles. The largest absolute Gasteiger partial charge is 0.399 e. The predicted molar refractivity (Wildman–Crippen MR) is 100 cm³/mol. The molecule has 0 bridgehead atoms. The summed E-state index contributed by atoms with van der Waals surface area (Å²) in [4.78, 5) is 16.4. The van der Waals surface area contributed by atoms with Crippen molar-refractivity contribution in [2.24, 2.45) is 0 Å². The van der Waals surface area contributed by atoms with Crippen LogP contribution >= 0.6 is 24.0 Å². The van der Waals surface area contributed by atoms with E-state index in [9.17, 15) is 4.79 Å². The number of nitrogen functional groups attached to an aromatic ring is 1. The van der Waals surface area contributed by atoms with E-state index in [1.165, 1.54) is 0 Å². The van der Waals surface area contributed by atoms with E-state index in [0.717, 1.165) is 36.4 Å². The van der Waals surface area contributed by atoms with Gasteiger partial charge in [0.15, 0.2) is 0 Å². The Bertz CT molecular complexity index is 691. The van der Waals surface area contributed by atoms with Crippen molar-refractivity contribution in [1.29, 1.82) is 0 Å². The van der Waals surface area contributed by atoms with Crippen molar-refractivity contribution in [1.82, 2.24) is 9.80 Å². The lowest BCUT2D eigenvalue weighted by atomic mass is 10.1. The van der Waals surface area contributed by atoms with Crippen LogP contribution in [-0.2, 0) is 17.9 Å². The van der Waals surface area contributed by atoms with E-state index in [1.54, 1.807) is 0 Å². The number of nitrogens with two attached hydrogens (primary N) is 1. The van der Waals surface area contributed by atoms with Gasteiger partial charge < -0.3 is 10.6 Å². The number of carbonyl (C=O) groups is 1. The van der Waals surface area contributed by atoms with Crippen LogP contribution in [0, 0.1) is 0 Å². The van der Waals surface area contributed by atoms with Gasteiger partial charge in [-0.15, -0.1) is 12.4 Å². The van der Waals surface area contributed by atoms with Crippen molar-refractivity contribution >= 4 is 35.6 Å². The van der Waals surface area contributed by atoms with E-state index in [-0.39, 0.29) is 18.3 Å². The molecule has 1 amide bonds. The van der Waals surface area contributed by atoms with Gasteiger partial charge in [-0.1, -0.05) is 35.9 Å². The zero-order chi connectivity index (χ0) is 16.2. The lowest BCUT2D eigenvalue weighted by Crippen LogP contribution is -2.49. The Morgan fingerprint density at radius 3 is 2.42 bits per heavy atom. The van der Waals surface area contributed by atoms with Gasteiger partial charge in [0, 0.05) is 36.9 Å². The van der Waals surface area contributed by atoms with E-state index in [1.807, 2.05) is 53.4 Å². The number of amides is 1. The number of carbonyl (C=O) groups excluding carboxylic acids is 1. The lowest BCUT2D eigenvalue weighted by Gasteiger charge is -2.34. The third-order valence-electron chi connectivity index (χ3n) is 4.04. The maximum atomic E-state index is 12.4. The van der Waals surface area contributed by atoms with E-state index in [0.29, 0.717) is 18.1 Å². The Kier molecular flexibility index (Phi) is 6.49. The summed E-state index contributed by atoms with van der Waals surface area (Å²) in [5, 5.41) is 0.715. The van der Waals surface area contributed by atoms with E-state index in [4.69, 9.17) is 17.3 Å². The number of piperazine rings is 1. The van der Waals surface area contributed by atoms with Crippen LogP contribution in [0.15, 0.2) is 48.5 Å². The molecular weight excluding hydrogens is 345 g/mol. The monoisotopic (exact) mass is 365 g/mol. The Hall–Kier alpha value is -1.75. The summed E-state index contributed by atoms with van der Waals surface area (Å²) in [5.41, 5.74) is 8.81. The number of nitrogens with zero attached hydrogens (tertiary/aromatic N) is 2. The average Bonchev–Trinajstić information content (AvgIpc) is 2.52. The molecule has 128 valence electrons. The molecule has 0 aliphatic carbocycles. The fourth-order valence-corrected chi connectivity index (χ4v) is 2.95. The third kappa shape index (κ3) is 4.87. The highest BCUT2D eigenvalue weighted by molar-refractivity contribution is 6.30. The minimum atomic E-state index is 0. The molecule has 6 heteroatoms. The number of benzene rings is 2. The van der Waals surface area contributed by atoms with Gasteiger partial charge >= 0.3 is 0 Å². The molecule has 3 rings (SSSR count). The minimum absolute atomic E-state index is 0. The Morgan fingerprint density at radius 1 is 1.00 bits per heavy atom. The normalized spacial score (nSPS) is 15.2. The third-order valence-corrected chi connectivity index (χ3v) is 4.29. The molecule has 0 spiro atoms. The number of hydrogen-bond acceptors (Lipinski definition) is 3. The van der Waals surface area contributed by atoms with E-state index in [2.05, 4.69) is 4.90 Å². The molecule has 0 radical (unpaired) electrons. The number of halogens is 2. The molecule has 1 aliphatic rings. The maximum Gasteiger partial charge on any atom is 0.237 e. The Morgan fingerprint density at radius 2 is 1.75 bits per heavy atom. The minimum Gasteiger partial charge on any atom is -0.399 e. The molecule has 1 heterocycles. The highest BCUT2D eigenvalue weighted by Crippen LogP contribution is 2.15. The van der Waals surface area contributed by atoms with Crippen LogP contribution in [0.25, 0.3) is 0 Å². The second-order valence-electron chi connectivity index (χ2n) is 5.90. The van der Waals surface area contributed by atoms with Crippen molar-refractivity contribution in [2.45, 2.75) is 13.1 Å². The van der Waals surface area contributed by atoms with Crippen LogP contribution in [0.2, 0.25) is 5.02 Å². The van der Waals surface area contributed by atoms with Crippen LogP contribution in [0.1, 0.15) is 11.1 Å². The molecule has 24 heavy (non-hydrogen) atoms. The average molecular weight is 366 g/mol. The summed E-state index contributed by atoms with van der Waals surface area (Å²) in [5.74, 6) is 0.162. The Labute approximate surface area is 153 Å². The topological polar surface area (TPSA) is 49.6 Å². The number of rotatable bonds is 4. The van der Waals surface area contributed by atoms with Gasteiger partial charge in [-0.2, -0.15) is 0 Å². The summed E-state index contributed by atoms with van der Waals surface area (Å²) in [6.07, 6.45) is 0. The first kappa shape index (κ1) is 18.6. The lowest BCUT2D eigenvalue weighted by molar-refractivity contribution is -0.136. The highest BCUT2D eigenvalue weighted by atomic mass is 35.5. The smallest absolute Gasteiger partial charge is 0.237 e. The van der Waals surface area contributed by atoms with Crippen molar-refractivity contribution in [3.63, 3.8) is 0 Å². The molecule has 2 aromatic carbocycles. The number of hydrogen-bond donors (Lipinski definition) is 1. The van der Waals surface area contributed by atoms with Gasteiger partial charge in [0.1, 0.15) is 0 Å². The highest BCUT2D eigenvalue weighted by Gasteiger charge is 2.23. The fourth-order valence-electron chi connectivity index (χ4n) is 2.82. The first-order valence-electron chi connectivity index (χ1n) is 7.69. The number of anilines is 1. The second-order valence-corrected chi connectivity index (χ2v) is 6.33. The van der Waals surface area contributed by atoms with Gasteiger partial charge in [-0.3, -0.25) is 9.69 Å².